The fraction of sp³-hybridized carbons (Fsp3) is 0.333. The molecule has 0 saturated carbocycles. The summed E-state index contributed by atoms with van der Waals surface area (Å²) in [7, 11) is 3.38. The molecule has 0 fully saturated rings. The van der Waals surface area contributed by atoms with Crippen LogP contribution in [0.2, 0.25) is 5.02 Å². The zero-order valence-electron chi connectivity index (χ0n) is 13.1. The normalized spacial score (nSPS) is 12.2. The van der Waals surface area contributed by atoms with Gasteiger partial charge in [0.15, 0.2) is 0 Å². The van der Waals surface area contributed by atoms with Crippen LogP contribution < -0.4 is 15.4 Å². The minimum atomic E-state index is -2.96. The van der Waals surface area contributed by atoms with Gasteiger partial charge in [-0.2, -0.15) is 13.9 Å². The average Bonchev–Trinajstić information content (AvgIpc) is 2.94. The Kier molecular flexibility index (Phi) is 6.10. The Morgan fingerprint density at radius 3 is 2.79 bits per heavy atom. The summed E-state index contributed by atoms with van der Waals surface area (Å²) in [5.41, 5.74) is 1.05. The van der Waals surface area contributed by atoms with Crippen LogP contribution in [0.25, 0.3) is 0 Å². The van der Waals surface area contributed by atoms with E-state index in [1.165, 1.54) is 18.2 Å². The number of aryl methyl sites for hydroxylation is 1. The van der Waals surface area contributed by atoms with E-state index in [-0.39, 0.29) is 18.2 Å². The maximum Gasteiger partial charge on any atom is 0.387 e. The number of carbonyl (C=O) groups is 1. The Morgan fingerprint density at radius 1 is 1.46 bits per heavy atom. The molecule has 1 heterocycles. The summed E-state index contributed by atoms with van der Waals surface area (Å²) in [6.45, 7) is -2.96. The number of hydrogen-bond donors (Lipinski definition) is 2. The molecule has 1 unspecified atom stereocenters. The second-order valence-corrected chi connectivity index (χ2v) is 5.45. The van der Waals surface area contributed by atoms with Crippen LogP contribution in [0.3, 0.4) is 0 Å². The lowest BCUT2D eigenvalue weighted by atomic mass is 10.1. The van der Waals surface area contributed by atoms with E-state index in [0.29, 0.717) is 16.1 Å². The molecular formula is C15H17ClF2N4O2. The standard InChI is InChI=1S/C15H17ClF2N4O2/c1-19-13(10-7-21-22(2)8-10)14(23)20-6-9-5-11(16)3-4-12(9)24-15(17)18/h3-5,7-8,13,15,19H,6H2,1-2H3,(H,20,23). The first-order valence-electron chi connectivity index (χ1n) is 7.07. The molecule has 1 amide bonds. The van der Waals surface area contributed by atoms with Crippen molar-refractivity contribution in [1.29, 1.82) is 0 Å². The van der Waals surface area contributed by atoms with E-state index in [2.05, 4.69) is 20.5 Å². The molecule has 0 aliphatic carbocycles. The minimum Gasteiger partial charge on any atom is -0.434 e. The predicted molar refractivity (Wildman–Crippen MR) is 84.9 cm³/mol. The van der Waals surface area contributed by atoms with Gasteiger partial charge in [0.2, 0.25) is 5.91 Å². The number of carbonyl (C=O) groups excluding carboxylic acids is 1. The number of benzene rings is 1. The van der Waals surface area contributed by atoms with Gasteiger partial charge in [-0.25, -0.2) is 0 Å². The molecule has 1 aromatic heterocycles. The molecule has 6 nitrogen and oxygen atoms in total. The molecule has 1 atom stereocenters. The van der Waals surface area contributed by atoms with Crippen molar-refractivity contribution in [3.63, 3.8) is 0 Å². The minimum absolute atomic E-state index is 0.000110. The molecule has 0 bridgehead atoms. The Balaban J connectivity index is 2.09. The second-order valence-electron chi connectivity index (χ2n) is 5.02. The summed E-state index contributed by atoms with van der Waals surface area (Å²) in [6, 6.07) is 3.64. The highest BCUT2D eigenvalue weighted by Gasteiger charge is 2.20. The molecule has 2 aromatic rings. The Hall–Kier alpha value is -2.19. The van der Waals surface area contributed by atoms with Gasteiger partial charge in [-0.3, -0.25) is 9.48 Å². The summed E-state index contributed by atoms with van der Waals surface area (Å²) in [6.07, 6.45) is 3.29. The molecule has 0 aliphatic rings. The molecule has 2 N–H and O–H groups in total. The Labute approximate surface area is 142 Å². The smallest absolute Gasteiger partial charge is 0.387 e. The number of ether oxygens (including phenoxy) is 1. The van der Waals surface area contributed by atoms with E-state index in [4.69, 9.17) is 11.6 Å². The number of aromatic nitrogens is 2. The first kappa shape index (κ1) is 18.2. The summed E-state index contributed by atoms with van der Waals surface area (Å²) in [4.78, 5) is 12.3. The van der Waals surface area contributed by atoms with Gasteiger partial charge >= 0.3 is 6.61 Å². The van der Waals surface area contributed by atoms with Crippen LogP contribution in [-0.2, 0) is 18.4 Å². The molecule has 24 heavy (non-hydrogen) atoms. The van der Waals surface area contributed by atoms with E-state index in [1.807, 2.05) is 0 Å². The molecule has 1 aromatic carbocycles. The van der Waals surface area contributed by atoms with Crippen molar-refractivity contribution in [2.45, 2.75) is 19.2 Å². The number of nitrogens with zero attached hydrogens (tertiary/aromatic N) is 2. The van der Waals surface area contributed by atoms with Gasteiger partial charge in [0, 0.05) is 35.9 Å². The van der Waals surface area contributed by atoms with Gasteiger partial charge in [0.1, 0.15) is 11.8 Å². The third kappa shape index (κ3) is 4.65. The van der Waals surface area contributed by atoms with Crippen LogP contribution in [-0.4, -0.2) is 29.3 Å². The van der Waals surface area contributed by atoms with Crippen molar-refractivity contribution < 1.29 is 18.3 Å². The van der Waals surface area contributed by atoms with E-state index < -0.39 is 12.7 Å². The summed E-state index contributed by atoms with van der Waals surface area (Å²) >= 11 is 5.88. The number of rotatable bonds is 7. The van der Waals surface area contributed by atoms with Gasteiger partial charge in [0.25, 0.3) is 0 Å². The number of amides is 1. The van der Waals surface area contributed by atoms with Crippen LogP contribution in [0.5, 0.6) is 5.75 Å². The van der Waals surface area contributed by atoms with Crippen molar-refractivity contribution in [3.8, 4) is 5.75 Å². The SMILES string of the molecule is CNC(C(=O)NCc1cc(Cl)ccc1OC(F)F)c1cnn(C)c1. The third-order valence-electron chi connectivity index (χ3n) is 3.30. The summed E-state index contributed by atoms with van der Waals surface area (Å²) in [5.74, 6) is -0.356. The van der Waals surface area contributed by atoms with Gasteiger partial charge in [0.05, 0.1) is 6.20 Å². The predicted octanol–water partition coefficient (Wildman–Crippen LogP) is 2.25. The number of alkyl halides is 2. The molecule has 9 heteroatoms. The van der Waals surface area contributed by atoms with Gasteiger partial charge in [-0.05, 0) is 25.2 Å². The zero-order chi connectivity index (χ0) is 17.7. The maximum absolute atomic E-state index is 12.4. The summed E-state index contributed by atoms with van der Waals surface area (Å²) in [5, 5.41) is 9.94. The van der Waals surface area contributed by atoms with Crippen molar-refractivity contribution in [2.75, 3.05) is 7.05 Å². The van der Waals surface area contributed by atoms with Crippen molar-refractivity contribution in [1.82, 2.24) is 20.4 Å². The highest BCUT2D eigenvalue weighted by Crippen LogP contribution is 2.24. The van der Waals surface area contributed by atoms with Crippen LogP contribution >= 0.6 is 11.6 Å². The number of likely N-dealkylation sites (N-methyl/N-ethyl adjacent to an activating group) is 1. The van der Waals surface area contributed by atoms with Crippen LogP contribution in [0.1, 0.15) is 17.2 Å². The molecule has 2 rings (SSSR count). The molecule has 0 aliphatic heterocycles. The highest BCUT2D eigenvalue weighted by molar-refractivity contribution is 6.30. The third-order valence-corrected chi connectivity index (χ3v) is 3.54. The second kappa shape index (κ2) is 8.07. The van der Waals surface area contributed by atoms with Crippen molar-refractivity contribution >= 4 is 17.5 Å². The molecule has 130 valence electrons. The van der Waals surface area contributed by atoms with E-state index in [9.17, 15) is 13.6 Å². The first-order valence-corrected chi connectivity index (χ1v) is 7.45. The topological polar surface area (TPSA) is 68.2 Å². The fourth-order valence-electron chi connectivity index (χ4n) is 2.22. The van der Waals surface area contributed by atoms with Crippen LogP contribution in [0.4, 0.5) is 8.78 Å². The lowest BCUT2D eigenvalue weighted by Gasteiger charge is -2.16. The fourth-order valence-corrected chi connectivity index (χ4v) is 2.41. The largest absolute Gasteiger partial charge is 0.434 e. The lowest BCUT2D eigenvalue weighted by Crippen LogP contribution is -2.35. The quantitative estimate of drug-likeness (QED) is 0.796. The van der Waals surface area contributed by atoms with E-state index >= 15 is 0 Å². The molecule has 0 spiro atoms. The Morgan fingerprint density at radius 2 is 2.21 bits per heavy atom. The average molecular weight is 359 g/mol. The summed E-state index contributed by atoms with van der Waals surface area (Å²) < 4.78 is 30.9. The molecule has 0 radical (unpaired) electrons. The molecule has 0 saturated heterocycles. The van der Waals surface area contributed by atoms with E-state index in [1.54, 1.807) is 31.2 Å². The highest BCUT2D eigenvalue weighted by atomic mass is 35.5. The zero-order valence-corrected chi connectivity index (χ0v) is 13.8. The van der Waals surface area contributed by atoms with Crippen molar-refractivity contribution in [3.05, 3.63) is 46.7 Å². The van der Waals surface area contributed by atoms with Gasteiger partial charge < -0.3 is 15.4 Å². The van der Waals surface area contributed by atoms with Crippen LogP contribution in [0.15, 0.2) is 30.6 Å². The van der Waals surface area contributed by atoms with Crippen LogP contribution in [0, 0.1) is 0 Å². The maximum atomic E-state index is 12.4. The van der Waals surface area contributed by atoms with E-state index in [0.717, 1.165) is 0 Å². The number of hydrogen-bond acceptors (Lipinski definition) is 4. The monoisotopic (exact) mass is 358 g/mol. The van der Waals surface area contributed by atoms with Gasteiger partial charge in [-0.15, -0.1) is 0 Å². The Bertz CT molecular complexity index is 709. The van der Waals surface area contributed by atoms with Gasteiger partial charge in [-0.1, -0.05) is 11.6 Å². The van der Waals surface area contributed by atoms with Crippen molar-refractivity contribution in [2.24, 2.45) is 7.05 Å². The molecular weight excluding hydrogens is 342 g/mol. The first-order chi connectivity index (χ1) is 11.4. The number of halogens is 3. The lowest BCUT2D eigenvalue weighted by molar-refractivity contribution is -0.123. The number of nitrogens with one attached hydrogen (secondary N) is 2.